The minimum atomic E-state index is -0.180. The largest absolute Gasteiger partial charge is 0.493 e. The first-order valence-electron chi connectivity index (χ1n) is 11.6. The second kappa shape index (κ2) is 12.4. The number of halogens is 2. The monoisotopic (exact) mass is 712 g/mol. The Morgan fingerprint density at radius 2 is 1.39 bits per heavy atom. The van der Waals surface area contributed by atoms with Crippen LogP contribution in [0.25, 0.3) is 0 Å². The van der Waals surface area contributed by atoms with E-state index in [1.165, 1.54) is 18.3 Å². The van der Waals surface area contributed by atoms with Gasteiger partial charge in [0.1, 0.15) is 0 Å². The van der Waals surface area contributed by atoms with Crippen molar-refractivity contribution in [3.05, 3.63) is 84.5 Å². The zero-order valence-corrected chi connectivity index (χ0v) is 25.0. The summed E-state index contributed by atoms with van der Waals surface area (Å²) in [4.78, 5) is 17.8. The van der Waals surface area contributed by atoms with E-state index < -0.39 is 0 Å². The lowest BCUT2D eigenvalue weighted by molar-refractivity contribution is 0.0596. The van der Waals surface area contributed by atoms with E-state index in [9.17, 15) is 4.79 Å². The number of rotatable bonds is 8. The van der Waals surface area contributed by atoms with Crippen LogP contribution in [-0.2, 0) is 0 Å². The summed E-state index contributed by atoms with van der Waals surface area (Å²) in [6.07, 6.45) is 0. The first kappa shape index (κ1) is 26.9. The van der Waals surface area contributed by atoms with Gasteiger partial charge >= 0.3 is 0 Å². The highest BCUT2D eigenvalue weighted by molar-refractivity contribution is 14.2. The van der Waals surface area contributed by atoms with Gasteiger partial charge in [-0.25, -0.2) is 0 Å². The number of piperazine rings is 1. The zero-order chi connectivity index (χ0) is 25.7. The smallest absolute Gasteiger partial charge is 0.254 e. The van der Waals surface area contributed by atoms with Crippen molar-refractivity contribution in [2.45, 2.75) is 6.04 Å². The van der Waals surface area contributed by atoms with E-state index in [0.717, 1.165) is 13.1 Å². The van der Waals surface area contributed by atoms with Gasteiger partial charge in [-0.3, -0.25) is 9.69 Å². The Morgan fingerprint density at radius 1 is 0.861 bits per heavy atom. The average Bonchev–Trinajstić information content (AvgIpc) is 2.93. The van der Waals surface area contributed by atoms with Gasteiger partial charge in [0.2, 0.25) is 5.75 Å². The number of amides is 1. The third-order valence-electron chi connectivity index (χ3n) is 6.40. The topological polar surface area (TPSA) is 51.2 Å². The lowest BCUT2D eigenvalue weighted by Crippen LogP contribution is -2.49. The Balaban J connectivity index is 1.55. The van der Waals surface area contributed by atoms with E-state index >= 15 is 0 Å². The van der Waals surface area contributed by atoms with Crippen molar-refractivity contribution >= 4 is 53.7 Å². The predicted octanol–water partition coefficient (Wildman–Crippen LogP) is 5.44. The summed E-state index contributed by atoms with van der Waals surface area (Å²) in [5, 5.41) is 0. The summed E-state index contributed by atoms with van der Waals surface area (Å²) in [6.45, 7) is 2.82. The Kier molecular flexibility index (Phi) is 9.24. The fourth-order valence-electron chi connectivity index (χ4n) is 4.56. The summed E-state index contributed by atoms with van der Waals surface area (Å²) in [5.41, 5.74) is 3.05. The number of hydrogen-bond donors (Lipinski definition) is 0. The van der Waals surface area contributed by atoms with Crippen LogP contribution in [0.5, 0.6) is 17.2 Å². The molecule has 6 nitrogen and oxygen atoms in total. The number of carbonyl (C=O) groups is 1. The second-order valence-electron chi connectivity index (χ2n) is 8.38. The molecule has 3 aromatic rings. The van der Waals surface area contributed by atoms with Gasteiger partial charge in [0.25, 0.3) is 5.91 Å². The summed E-state index contributed by atoms with van der Waals surface area (Å²) in [7, 11) is 4.67. The van der Waals surface area contributed by atoms with Gasteiger partial charge in [-0.15, -0.1) is 0 Å². The number of nitrogens with zero attached hydrogens (tertiary/aromatic N) is 2. The maximum absolute atomic E-state index is 13.4. The van der Waals surface area contributed by atoms with Crippen molar-refractivity contribution in [1.82, 2.24) is 9.80 Å². The van der Waals surface area contributed by atoms with Crippen molar-refractivity contribution in [2.24, 2.45) is 0 Å². The van der Waals surface area contributed by atoms with Crippen molar-refractivity contribution < 1.29 is 19.0 Å². The van der Waals surface area contributed by atoms with E-state index in [1.807, 2.05) is 4.90 Å². The molecule has 1 atom stereocenters. The Bertz CT molecular complexity index is 1180. The molecule has 1 unspecified atom stereocenters. The average molecular weight is 712 g/mol. The number of hydrogen-bond acceptors (Lipinski definition) is 5. The van der Waals surface area contributed by atoms with Gasteiger partial charge in [0.05, 0.1) is 27.4 Å². The highest BCUT2D eigenvalue weighted by atomic mass is 127. The summed E-state index contributed by atoms with van der Waals surface area (Å²) in [5.74, 6) is 1.40. The molecule has 1 fully saturated rings. The van der Waals surface area contributed by atoms with Gasteiger partial charge in [0.15, 0.2) is 11.5 Å². The SMILES string of the molecule is C=Ic1ccc(C(c2ccc(I)cc2)N2CCN(C(=O)c3cc(OC)c(OC)c(OC)c3)CC2)cc1. The molecule has 0 aromatic heterocycles. The molecule has 4 rings (SSSR count). The number of carbonyl (C=O) groups excluding carboxylic acids is 1. The molecule has 1 saturated heterocycles. The molecular formula is C28H30I2N2O4. The molecule has 0 spiro atoms. The van der Waals surface area contributed by atoms with Gasteiger partial charge in [-0.05, 0) is 70.1 Å². The minimum absolute atomic E-state index is 0.0385. The molecule has 190 valence electrons. The highest BCUT2D eigenvalue weighted by Crippen LogP contribution is 2.38. The maximum atomic E-state index is 13.4. The highest BCUT2D eigenvalue weighted by Gasteiger charge is 2.29. The molecule has 1 heterocycles. The quantitative estimate of drug-likeness (QED) is 0.292. The maximum Gasteiger partial charge on any atom is 0.254 e. The van der Waals surface area contributed by atoms with Crippen LogP contribution in [0.4, 0.5) is 0 Å². The summed E-state index contributed by atoms with van der Waals surface area (Å²) >= 11 is 2.16. The lowest BCUT2D eigenvalue weighted by Gasteiger charge is -2.40. The fourth-order valence-corrected chi connectivity index (χ4v) is 5.79. The van der Waals surface area contributed by atoms with E-state index in [-0.39, 0.29) is 32.7 Å². The third kappa shape index (κ3) is 5.86. The van der Waals surface area contributed by atoms with Crippen LogP contribution in [0.2, 0.25) is 0 Å². The van der Waals surface area contributed by atoms with Crippen LogP contribution in [-0.4, -0.2) is 67.7 Å². The molecule has 0 bridgehead atoms. The Morgan fingerprint density at radius 3 is 1.86 bits per heavy atom. The molecule has 1 aliphatic rings. The lowest BCUT2D eigenvalue weighted by atomic mass is 9.96. The molecule has 1 aliphatic heterocycles. The normalized spacial score (nSPS) is 14.8. The molecule has 0 saturated carbocycles. The van der Waals surface area contributed by atoms with Crippen molar-refractivity contribution in [1.29, 1.82) is 0 Å². The van der Waals surface area contributed by atoms with Crippen LogP contribution >= 0.6 is 43.3 Å². The number of ether oxygens (including phenoxy) is 3. The molecular weight excluding hydrogens is 682 g/mol. The van der Waals surface area contributed by atoms with Gasteiger partial charge in [0, 0.05) is 38.9 Å². The van der Waals surface area contributed by atoms with Crippen LogP contribution in [0.1, 0.15) is 27.5 Å². The Hall–Kier alpha value is -2.18. The second-order valence-corrected chi connectivity index (χ2v) is 11.6. The van der Waals surface area contributed by atoms with Crippen LogP contribution in [0.3, 0.4) is 0 Å². The molecule has 8 heteroatoms. The van der Waals surface area contributed by atoms with E-state index in [4.69, 9.17) is 14.2 Å². The standard InChI is InChI=1S/C28H30I2N2O4/c1-30-23-11-7-20(8-12-23)26(19-5-9-22(29)10-6-19)31-13-15-32(16-14-31)28(33)21-17-24(34-2)27(36-4)25(18-21)35-3/h5-12,17-18,26H,1,13-16H2,2-4H3. The molecule has 0 aliphatic carbocycles. The molecule has 0 N–H and O–H groups in total. The van der Waals surface area contributed by atoms with Gasteiger partial charge < -0.3 is 19.1 Å². The summed E-state index contributed by atoms with van der Waals surface area (Å²) in [6, 6.07) is 21.2. The van der Waals surface area contributed by atoms with E-state index in [2.05, 4.69) is 80.5 Å². The van der Waals surface area contributed by atoms with Crippen molar-refractivity contribution in [3.8, 4) is 17.2 Å². The number of benzene rings is 3. The van der Waals surface area contributed by atoms with Crippen LogP contribution in [0, 0.1) is 7.14 Å². The van der Waals surface area contributed by atoms with Gasteiger partial charge in [-0.1, -0.05) is 49.5 Å². The molecule has 0 radical (unpaired) electrons. The van der Waals surface area contributed by atoms with Crippen LogP contribution < -0.4 is 14.2 Å². The molecule has 36 heavy (non-hydrogen) atoms. The molecule has 3 aromatic carbocycles. The predicted molar refractivity (Wildman–Crippen MR) is 161 cm³/mol. The van der Waals surface area contributed by atoms with Crippen molar-refractivity contribution in [3.63, 3.8) is 0 Å². The Labute approximate surface area is 236 Å². The third-order valence-corrected chi connectivity index (χ3v) is 8.72. The first-order valence-corrected chi connectivity index (χ1v) is 15.2. The van der Waals surface area contributed by atoms with E-state index in [0.29, 0.717) is 35.9 Å². The van der Waals surface area contributed by atoms with Gasteiger partial charge in [-0.2, -0.15) is 0 Å². The first-order chi connectivity index (χ1) is 17.5. The van der Waals surface area contributed by atoms with Crippen LogP contribution in [0.15, 0.2) is 60.7 Å². The number of methoxy groups -OCH3 is 3. The molecule has 1 amide bonds. The fraction of sp³-hybridized carbons (Fsp3) is 0.286. The summed E-state index contributed by atoms with van der Waals surface area (Å²) < 4.78 is 22.9. The van der Waals surface area contributed by atoms with E-state index in [1.54, 1.807) is 33.5 Å². The minimum Gasteiger partial charge on any atom is -0.493 e. The zero-order valence-electron chi connectivity index (χ0n) is 20.7. The van der Waals surface area contributed by atoms with Crippen molar-refractivity contribution in [2.75, 3.05) is 47.5 Å².